The minimum absolute atomic E-state index is 0.405. The van der Waals surface area contributed by atoms with Crippen LogP contribution in [-0.2, 0) is 6.54 Å². The Bertz CT molecular complexity index is 482. The molecular formula is C17H25NO. The first-order valence-electron chi connectivity index (χ1n) is 7.45. The van der Waals surface area contributed by atoms with Crippen molar-refractivity contribution in [3.05, 3.63) is 29.8 Å². The molecule has 0 amide bonds. The van der Waals surface area contributed by atoms with Crippen LogP contribution >= 0.6 is 0 Å². The van der Waals surface area contributed by atoms with E-state index in [0.29, 0.717) is 22.6 Å². The second kappa shape index (κ2) is 4.24. The van der Waals surface area contributed by atoms with E-state index < -0.39 is 0 Å². The van der Waals surface area contributed by atoms with Crippen molar-refractivity contribution in [3.63, 3.8) is 0 Å². The molecule has 2 saturated carbocycles. The SMILES string of the molecule is CC1(C)[C@H]2CC[C@@]1(C)[C@@H](NCc1ccccc1O)C2. The largest absolute Gasteiger partial charge is 0.508 e. The highest BCUT2D eigenvalue weighted by molar-refractivity contribution is 5.31. The third kappa shape index (κ3) is 1.80. The Kier molecular flexibility index (Phi) is 2.90. The topological polar surface area (TPSA) is 32.3 Å². The number of benzene rings is 1. The molecule has 19 heavy (non-hydrogen) atoms. The van der Waals surface area contributed by atoms with Gasteiger partial charge in [0.25, 0.3) is 0 Å². The normalized spacial score (nSPS) is 35.7. The van der Waals surface area contributed by atoms with E-state index in [2.05, 4.69) is 26.1 Å². The van der Waals surface area contributed by atoms with Crippen LogP contribution in [-0.4, -0.2) is 11.1 Å². The van der Waals surface area contributed by atoms with E-state index in [4.69, 9.17) is 0 Å². The number of phenolic OH excluding ortho intramolecular Hbond substituents is 1. The van der Waals surface area contributed by atoms with Crippen LogP contribution < -0.4 is 5.32 Å². The molecule has 104 valence electrons. The maximum Gasteiger partial charge on any atom is 0.120 e. The van der Waals surface area contributed by atoms with E-state index in [0.717, 1.165) is 18.0 Å². The summed E-state index contributed by atoms with van der Waals surface area (Å²) in [5.74, 6) is 1.27. The summed E-state index contributed by atoms with van der Waals surface area (Å²) in [5.41, 5.74) is 1.86. The van der Waals surface area contributed by atoms with Gasteiger partial charge in [-0.3, -0.25) is 0 Å². The number of aromatic hydroxyl groups is 1. The van der Waals surface area contributed by atoms with Crippen molar-refractivity contribution >= 4 is 0 Å². The van der Waals surface area contributed by atoms with Crippen LogP contribution in [0.1, 0.15) is 45.6 Å². The summed E-state index contributed by atoms with van der Waals surface area (Å²) in [7, 11) is 0. The molecule has 3 atom stereocenters. The smallest absolute Gasteiger partial charge is 0.120 e. The van der Waals surface area contributed by atoms with E-state index in [9.17, 15) is 5.11 Å². The summed E-state index contributed by atoms with van der Waals surface area (Å²) in [5, 5.41) is 13.5. The first-order valence-corrected chi connectivity index (χ1v) is 7.45. The fraction of sp³-hybridized carbons (Fsp3) is 0.647. The minimum Gasteiger partial charge on any atom is -0.508 e. The van der Waals surface area contributed by atoms with Gasteiger partial charge in [-0.15, -0.1) is 0 Å². The number of fused-ring (bicyclic) bond motifs is 2. The maximum atomic E-state index is 9.84. The standard InChI is InChI=1S/C17H25NO/c1-16(2)13-8-9-17(16,3)15(10-13)18-11-12-6-4-5-7-14(12)19/h4-7,13,15,18-19H,8-11H2,1-3H3/t13-,15-,17-/m0/s1. The van der Waals surface area contributed by atoms with Crippen molar-refractivity contribution in [1.29, 1.82) is 0 Å². The predicted molar refractivity (Wildman–Crippen MR) is 78.0 cm³/mol. The maximum absolute atomic E-state index is 9.84. The molecule has 1 aromatic rings. The van der Waals surface area contributed by atoms with Gasteiger partial charge in [0.15, 0.2) is 0 Å². The van der Waals surface area contributed by atoms with Crippen molar-refractivity contribution in [2.75, 3.05) is 0 Å². The van der Waals surface area contributed by atoms with Gasteiger partial charge in [-0.2, -0.15) is 0 Å². The van der Waals surface area contributed by atoms with Crippen LogP contribution in [0.4, 0.5) is 0 Å². The molecule has 0 heterocycles. The summed E-state index contributed by atoms with van der Waals surface area (Å²) in [6, 6.07) is 8.22. The lowest BCUT2D eigenvalue weighted by molar-refractivity contribution is 0.120. The predicted octanol–water partition coefficient (Wildman–Crippen LogP) is 3.70. The number of hydrogen-bond donors (Lipinski definition) is 2. The van der Waals surface area contributed by atoms with Gasteiger partial charge in [-0.05, 0) is 42.1 Å². The molecule has 2 heteroatoms. The fourth-order valence-electron chi connectivity index (χ4n) is 4.41. The molecule has 1 aromatic carbocycles. The zero-order valence-electron chi connectivity index (χ0n) is 12.2. The Morgan fingerprint density at radius 3 is 2.58 bits per heavy atom. The Morgan fingerprint density at radius 1 is 1.26 bits per heavy atom. The third-order valence-electron chi connectivity index (χ3n) is 6.32. The van der Waals surface area contributed by atoms with E-state index in [1.807, 2.05) is 18.2 Å². The lowest BCUT2D eigenvalue weighted by Crippen LogP contribution is -2.44. The number of nitrogens with one attached hydrogen (secondary N) is 1. The van der Waals surface area contributed by atoms with Crippen molar-refractivity contribution in [3.8, 4) is 5.75 Å². The molecule has 0 unspecified atom stereocenters. The molecule has 2 bridgehead atoms. The van der Waals surface area contributed by atoms with E-state index in [1.54, 1.807) is 6.07 Å². The number of rotatable bonds is 3. The van der Waals surface area contributed by atoms with Crippen LogP contribution in [0.2, 0.25) is 0 Å². The summed E-state index contributed by atoms with van der Waals surface area (Å²) in [6.45, 7) is 8.09. The highest BCUT2D eigenvalue weighted by Gasteiger charge is 2.60. The summed E-state index contributed by atoms with van der Waals surface area (Å²) >= 11 is 0. The zero-order valence-corrected chi connectivity index (χ0v) is 12.2. The monoisotopic (exact) mass is 259 g/mol. The van der Waals surface area contributed by atoms with Crippen LogP contribution in [0, 0.1) is 16.7 Å². The van der Waals surface area contributed by atoms with Crippen molar-refractivity contribution in [2.24, 2.45) is 16.7 Å². The minimum atomic E-state index is 0.405. The van der Waals surface area contributed by atoms with E-state index >= 15 is 0 Å². The molecule has 2 nitrogen and oxygen atoms in total. The first-order chi connectivity index (χ1) is 8.95. The molecule has 2 aliphatic rings. The molecule has 0 saturated heterocycles. The second-order valence-electron chi connectivity index (χ2n) is 7.17. The molecular weight excluding hydrogens is 234 g/mol. The highest BCUT2D eigenvalue weighted by atomic mass is 16.3. The Labute approximate surface area is 116 Å². The average molecular weight is 259 g/mol. The molecule has 0 aliphatic heterocycles. The fourth-order valence-corrected chi connectivity index (χ4v) is 4.41. The van der Waals surface area contributed by atoms with Crippen molar-refractivity contribution in [2.45, 2.75) is 52.6 Å². The number of para-hydroxylation sites is 1. The molecule has 2 aliphatic carbocycles. The second-order valence-corrected chi connectivity index (χ2v) is 7.17. The summed E-state index contributed by atoms with van der Waals surface area (Å²) < 4.78 is 0. The molecule has 2 fully saturated rings. The zero-order chi connectivity index (χ0) is 13.7. The average Bonchev–Trinajstić information content (AvgIpc) is 2.70. The van der Waals surface area contributed by atoms with Crippen LogP contribution in [0.15, 0.2) is 24.3 Å². The third-order valence-corrected chi connectivity index (χ3v) is 6.32. The molecule has 3 rings (SSSR count). The van der Waals surface area contributed by atoms with E-state index in [-0.39, 0.29) is 0 Å². The highest BCUT2D eigenvalue weighted by Crippen LogP contribution is 2.65. The van der Waals surface area contributed by atoms with Gasteiger partial charge >= 0.3 is 0 Å². The molecule has 2 N–H and O–H groups in total. The van der Waals surface area contributed by atoms with Crippen molar-refractivity contribution in [1.82, 2.24) is 5.32 Å². The molecule has 0 spiro atoms. The Morgan fingerprint density at radius 2 is 2.00 bits per heavy atom. The van der Waals surface area contributed by atoms with Crippen molar-refractivity contribution < 1.29 is 5.11 Å². The Balaban J connectivity index is 1.71. The number of hydrogen-bond acceptors (Lipinski definition) is 2. The quantitative estimate of drug-likeness (QED) is 0.867. The van der Waals surface area contributed by atoms with Gasteiger partial charge in [0, 0.05) is 18.2 Å². The molecule has 0 radical (unpaired) electrons. The first kappa shape index (κ1) is 13.0. The Hall–Kier alpha value is -1.02. The molecule has 0 aromatic heterocycles. The summed E-state index contributed by atoms with van der Waals surface area (Å²) in [4.78, 5) is 0. The van der Waals surface area contributed by atoms with E-state index in [1.165, 1.54) is 19.3 Å². The van der Waals surface area contributed by atoms with Crippen LogP contribution in [0.25, 0.3) is 0 Å². The van der Waals surface area contributed by atoms with Gasteiger partial charge < -0.3 is 10.4 Å². The lowest BCUT2D eigenvalue weighted by Gasteiger charge is -2.39. The van der Waals surface area contributed by atoms with Gasteiger partial charge in [-0.1, -0.05) is 39.0 Å². The summed E-state index contributed by atoms with van der Waals surface area (Å²) in [6.07, 6.45) is 4.01. The van der Waals surface area contributed by atoms with Gasteiger partial charge in [0.1, 0.15) is 5.75 Å². The van der Waals surface area contributed by atoms with Crippen LogP contribution in [0.3, 0.4) is 0 Å². The van der Waals surface area contributed by atoms with Crippen LogP contribution in [0.5, 0.6) is 5.75 Å². The van der Waals surface area contributed by atoms with Gasteiger partial charge in [-0.25, -0.2) is 0 Å². The lowest BCUT2D eigenvalue weighted by atomic mass is 9.69. The van der Waals surface area contributed by atoms with Gasteiger partial charge in [0.05, 0.1) is 0 Å². The van der Waals surface area contributed by atoms with Gasteiger partial charge in [0.2, 0.25) is 0 Å². The number of phenols is 1.